The Morgan fingerprint density at radius 3 is 2.79 bits per heavy atom. The van der Waals surface area contributed by atoms with Gasteiger partial charge in [-0.2, -0.15) is 0 Å². The predicted octanol–water partition coefficient (Wildman–Crippen LogP) is 4.23. The molecule has 1 aromatic heterocycles. The lowest BCUT2D eigenvalue weighted by molar-refractivity contribution is 0.643. The molecule has 1 fully saturated rings. The van der Waals surface area contributed by atoms with Crippen LogP contribution >= 0.6 is 27.7 Å². The third kappa shape index (κ3) is 2.87. The van der Waals surface area contributed by atoms with Gasteiger partial charge in [0.1, 0.15) is 5.82 Å². The highest BCUT2D eigenvalue weighted by atomic mass is 79.9. The van der Waals surface area contributed by atoms with E-state index in [9.17, 15) is 0 Å². The van der Waals surface area contributed by atoms with Gasteiger partial charge in [0.25, 0.3) is 0 Å². The fraction of sp³-hybridized carbons (Fsp3) is 0.429. The molecule has 1 aromatic carbocycles. The highest BCUT2D eigenvalue weighted by molar-refractivity contribution is 9.10. The SMILES string of the molecule is CCn1c(SCc2ccccc2Br)nnc1C1CC1. The Morgan fingerprint density at radius 1 is 1.32 bits per heavy atom. The smallest absolute Gasteiger partial charge is 0.191 e. The van der Waals surface area contributed by atoms with E-state index in [0.717, 1.165) is 21.9 Å². The molecule has 3 nitrogen and oxygen atoms in total. The second-order valence-electron chi connectivity index (χ2n) is 4.74. The van der Waals surface area contributed by atoms with Gasteiger partial charge in [0.2, 0.25) is 0 Å². The van der Waals surface area contributed by atoms with Gasteiger partial charge in [-0.15, -0.1) is 10.2 Å². The Morgan fingerprint density at radius 2 is 2.11 bits per heavy atom. The largest absolute Gasteiger partial charge is 0.306 e. The van der Waals surface area contributed by atoms with E-state index in [1.165, 1.54) is 24.2 Å². The zero-order chi connectivity index (χ0) is 13.2. The number of aromatic nitrogens is 3. The molecule has 0 N–H and O–H groups in total. The lowest BCUT2D eigenvalue weighted by Crippen LogP contribution is -2.02. The molecule has 1 aliphatic rings. The van der Waals surface area contributed by atoms with E-state index >= 15 is 0 Å². The molecule has 0 amide bonds. The zero-order valence-corrected chi connectivity index (χ0v) is 13.2. The molecule has 1 aliphatic carbocycles. The van der Waals surface area contributed by atoms with Crippen molar-refractivity contribution in [3.63, 3.8) is 0 Å². The summed E-state index contributed by atoms with van der Waals surface area (Å²) < 4.78 is 3.42. The van der Waals surface area contributed by atoms with Crippen LogP contribution in [0.25, 0.3) is 0 Å². The lowest BCUT2D eigenvalue weighted by atomic mass is 10.2. The highest BCUT2D eigenvalue weighted by Gasteiger charge is 2.29. The second-order valence-corrected chi connectivity index (χ2v) is 6.54. The maximum Gasteiger partial charge on any atom is 0.191 e. The van der Waals surface area contributed by atoms with E-state index in [4.69, 9.17) is 0 Å². The topological polar surface area (TPSA) is 30.7 Å². The zero-order valence-electron chi connectivity index (χ0n) is 10.8. The standard InChI is InChI=1S/C14H16BrN3S/c1-2-18-13(10-7-8-10)16-17-14(18)19-9-11-5-3-4-6-12(11)15/h3-6,10H,2,7-9H2,1H3. The first kappa shape index (κ1) is 13.2. The van der Waals surface area contributed by atoms with E-state index in [2.05, 4.69) is 55.8 Å². The van der Waals surface area contributed by atoms with Crippen molar-refractivity contribution in [3.8, 4) is 0 Å². The molecule has 0 spiro atoms. The number of hydrogen-bond donors (Lipinski definition) is 0. The highest BCUT2D eigenvalue weighted by Crippen LogP contribution is 2.40. The summed E-state index contributed by atoms with van der Waals surface area (Å²) in [6.45, 7) is 3.12. The number of benzene rings is 1. The van der Waals surface area contributed by atoms with Crippen LogP contribution in [0, 0.1) is 0 Å². The molecular weight excluding hydrogens is 322 g/mol. The van der Waals surface area contributed by atoms with E-state index in [1.807, 2.05) is 6.07 Å². The van der Waals surface area contributed by atoms with Crippen LogP contribution in [0.5, 0.6) is 0 Å². The van der Waals surface area contributed by atoms with Gasteiger partial charge in [0.05, 0.1) is 0 Å². The van der Waals surface area contributed by atoms with Crippen LogP contribution in [-0.2, 0) is 12.3 Å². The summed E-state index contributed by atoms with van der Waals surface area (Å²) in [7, 11) is 0. The van der Waals surface area contributed by atoms with Gasteiger partial charge < -0.3 is 4.57 Å². The molecule has 0 aliphatic heterocycles. The van der Waals surface area contributed by atoms with Gasteiger partial charge in [-0.1, -0.05) is 45.9 Å². The van der Waals surface area contributed by atoms with E-state index in [-0.39, 0.29) is 0 Å². The van der Waals surface area contributed by atoms with E-state index < -0.39 is 0 Å². The van der Waals surface area contributed by atoms with E-state index in [0.29, 0.717) is 5.92 Å². The minimum atomic E-state index is 0.658. The molecule has 1 saturated carbocycles. The quantitative estimate of drug-likeness (QED) is 0.765. The maximum atomic E-state index is 4.36. The predicted molar refractivity (Wildman–Crippen MR) is 81.4 cm³/mol. The third-order valence-electron chi connectivity index (χ3n) is 3.32. The molecule has 3 rings (SSSR count). The minimum Gasteiger partial charge on any atom is -0.306 e. The molecule has 100 valence electrons. The van der Waals surface area contributed by atoms with Crippen LogP contribution in [0.4, 0.5) is 0 Å². The van der Waals surface area contributed by atoms with Gasteiger partial charge in [0, 0.05) is 22.7 Å². The summed E-state index contributed by atoms with van der Waals surface area (Å²) in [5, 5.41) is 9.76. The summed E-state index contributed by atoms with van der Waals surface area (Å²) >= 11 is 5.35. The monoisotopic (exact) mass is 337 g/mol. The van der Waals surface area contributed by atoms with Crippen molar-refractivity contribution < 1.29 is 0 Å². The van der Waals surface area contributed by atoms with Crippen molar-refractivity contribution in [1.82, 2.24) is 14.8 Å². The van der Waals surface area contributed by atoms with Crippen molar-refractivity contribution in [2.45, 2.75) is 43.1 Å². The number of halogens is 1. The Bertz CT molecular complexity index is 578. The average molecular weight is 338 g/mol. The van der Waals surface area contributed by atoms with Crippen molar-refractivity contribution in [3.05, 3.63) is 40.1 Å². The van der Waals surface area contributed by atoms with Gasteiger partial charge in [0.15, 0.2) is 5.16 Å². The molecule has 2 aromatic rings. The fourth-order valence-corrected chi connectivity index (χ4v) is 3.73. The normalized spacial score (nSPS) is 14.8. The Kier molecular flexibility index (Phi) is 3.93. The Balaban J connectivity index is 1.75. The molecule has 0 saturated heterocycles. The van der Waals surface area contributed by atoms with Crippen molar-refractivity contribution in [2.24, 2.45) is 0 Å². The average Bonchev–Trinajstić information content (AvgIpc) is 3.18. The summed E-state index contributed by atoms with van der Waals surface area (Å²) in [6.07, 6.45) is 2.54. The lowest BCUT2D eigenvalue weighted by Gasteiger charge is -2.07. The number of thioether (sulfide) groups is 1. The van der Waals surface area contributed by atoms with Gasteiger partial charge in [-0.3, -0.25) is 0 Å². The minimum absolute atomic E-state index is 0.658. The van der Waals surface area contributed by atoms with Crippen LogP contribution in [-0.4, -0.2) is 14.8 Å². The van der Waals surface area contributed by atoms with Crippen LogP contribution in [0.15, 0.2) is 33.9 Å². The summed E-state index contributed by atoms with van der Waals surface area (Å²) in [5.74, 6) is 2.76. The molecular formula is C14H16BrN3S. The van der Waals surface area contributed by atoms with Crippen LogP contribution < -0.4 is 0 Å². The number of nitrogens with zero attached hydrogens (tertiary/aromatic N) is 3. The Labute approximate surface area is 125 Å². The number of hydrogen-bond acceptors (Lipinski definition) is 3. The summed E-state index contributed by atoms with van der Waals surface area (Å²) in [4.78, 5) is 0. The summed E-state index contributed by atoms with van der Waals surface area (Å²) in [5.41, 5.74) is 1.30. The van der Waals surface area contributed by atoms with E-state index in [1.54, 1.807) is 11.8 Å². The molecule has 0 radical (unpaired) electrons. The summed E-state index contributed by atoms with van der Waals surface area (Å²) in [6, 6.07) is 8.33. The van der Waals surface area contributed by atoms with Crippen LogP contribution in [0.1, 0.15) is 37.1 Å². The first-order chi connectivity index (χ1) is 9.29. The van der Waals surface area contributed by atoms with Gasteiger partial charge in [-0.05, 0) is 31.4 Å². The first-order valence-corrected chi connectivity index (χ1v) is 8.36. The fourth-order valence-electron chi connectivity index (χ4n) is 2.11. The molecule has 5 heteroatoms. The third-order valence-corrected chi connectivity index (χ3v) is 5.11. The molecule has 0 bridgehead atoms. The Hall–Kier alpha value is -0.810. The van der Waals surface area contributed by atoms with Gasteiger partial charge >= 0.3 is 0 Å². The van der Waals surface area contributed by atoms with Crippen LogP contribution in [0.2, 0.25) is 0 Å². The second kappa shape index (κ2) is 5.67. The first-order valence-electron chi connectivity index (χ1n) is 6.59. The van der Waals surface area contributed by atoms with Crippen molar-refractivity contribution in [2.75, 3.05) is 0 Å². The molecule has 19 heavy (non-hydrogen) atoms. The molecule has 0 atom stereocenters. The van der Waals surface area contributed by atoms with Crippen molar-refractivity contribution >= 4 is 27.7 Å². The maximum absolute atomic E-state index is 4.36. The number of rotatable bonds is 5. The van der Waals surface area contributed by atoms with Crippen LogP contribution in [0.3, 0.4) is 0 Å². The molecule has 1 heterocycles. The van der Waals surface area contributed by atoms with Gasteiger partial charge in [-0.25, -0.2) is 0 Å². The van der Waals surface area contributed by atoms with Crippen molar-refractivity contribution in [1.29, 1.82) is 0 Å². The molecule has 0 unspecified atom stereocenters.